The maximum Gasteiger partial charge on any atom is 0.132 e. The Labute approximate surface area is 152 Å². The summed E-state index contributed by atoms with van der Waals surface area (Å²) in [6.45, 7) is 9.12. The molecule has 4 nitrogen and oxygen atoms in total. The minimum Gasteiger partial charge on any atom is -0.381 e. The molecule has 138 valence electrons. The fourth-order valence-corrected chi connectivity index (χ4v) is 4.25. The predicted octanol–water partition coefficient (Wildman–Crippen LogP) is 3.11. The first-order valence-electron chi connectivity index (χ1n) is 9.83. The summed E-state index contributed by atoms with van der Waals surface area (Å²) in [5.74, 6) is 0.397. The summed E-state index contributed by atoms with van der Waals surface area (Å²) < 4.78 is 5.63. The first kappa shape index (κ1) is 18.6. The number of carbonyl (C=O) groups is 1. The van der Waals surface area contributed by atoms with Gasteiger partial charge in [0, 0.05) is 64.3 Å². The molecule has 0 aliphatic carbocycles. The van der Waals surface area contributed by atoms with Gasteiger partial charge in [0.1, 0.15) is 5.78 Å². The fraction of sp³-hybridized carbons (Fsp3) is 0.667. The van der Waals surface area contributed by atoms with E-state index in [1.807, 2.05) is 6.92 Å². The van der Waals surface area contributed by atoms with Crippen LogP contribution in [-0.4, -0.2) is 60.5 Å². The first-order valence-corrected chi connectivity index (χ1v) is 9.83. The number of ketones is 1. The number of Topliss-reactive ketones (excluding diaryl/α,β-unsaturated/α-hetero) is 1. The van der Waals surface area contributed by atoms with Crippen molar-refractivity contribution in [3.63, 3.8) is 0 Å². The van der Waals surface area contributed by atoms with Crippen LogP contribution in [0, 0.1) is 0 Å². The van der Waals surface area contributed by atoms with Crippen LogP contribution in [0.15, 0.2) is 30.3 Å². The maximum absolute atomic E-state index is 11.9. The van der Waals surface area contributed by atoms with E-state index >= 15 is 0 Å². The van der Waals surface area contributed by atoms with E-state index in [1.54, 1.807) is 0 Å². The Balaban J connectivity index is 1.57. The third-order valence-electron chi connectivity index (χ3n) is 5.98. The molecule has 0 unspecified atom stereocenters. The first-order chi connectivity index (χ1) is 12.2. The molecule has 0 radical (unpaired) electrons. The van der Waals surface area contributed by atoms with Gasteiger partial charge in [0.05, 0.1) is 0 Å². The topological polar surface area (TPSA) is 32.8 Å². The number of hydrogen-bond donors (Lipinski definition) is 0. The van der Waals surface area contributed by atoms with E-state index in [0.717, 1.165) is 71.6 Å². The summed E-state index contributed by atoms with van der Waals surface area (Å²) >= 11 is 0. The Morgan fingerprint density at radius 3 is 2.40 bits per heavy atom. The highest BCUT2D eigenvalue weighted by Crippen LogP contribution is 2.34. The standard InChI is InChI=1S/C21H32N2O2/c1-2-20(24)8-9-21(10-16-25-17-11-21)23-14-12-22(13-15-23)18-19-6-4-3-5-7-19/h3-7H,2,8-18H2,1H3. The number of hydrogen-bond acceptors (Lipinski definition) is 4. The van der Waals surface area contributed by atoms with Crippen molar-refractivity contribution in [2.45, 2.75) is 51.1 Å². The van der Waals surface area contributed by atoms with Crippen molar-refractivity contribution in [3.8, 4) is 0 Å². The van der Waals surface area contributed by atoms with Gasteiger partial charge in [-0.1, -0.05) is 37.3 Å². The SMILES string of the molecule is CCC(=O)CCC1(N2CCN(Cc3ccccc3)CC2)CCOCC1. The molecule has 1 aromatic carbocycles. The van der Waals surface area contributed by atoms with Crippen LogP contribution in [0.4, 0.5) is 0 Å². The Kier molecular flexibility index (Phi) is 6.63. The van der Waals surface area contributed by atoms with Crippen LogP contribution in [0.25, 0.3) is 0 Å². The molecule has 0 spiro atoms. The lowest BCUT2D eigenvalue weighted by molar-refractivity contribution is -0.120. The highest BCUT2D eigenvalue weighted by molar-refractivity contribution is 5.78. The highest BCUT2D eigenvalue weighted by atomic mass is 16.5. The molecule has 1 aromatic rings. The van der Waals surface area contributed by atoms with Crippen molar-refractivity contribution in [2.24, 2.45) is 0 Å². The molecule has 2 aliphatic rings. The van der Waals surface area contributed by atoms with Crippen molar-refractivity contribution in [1.82, 2.24) is 9.80 Å². The Morgan fingerprint density at radius 2 is 1.76 bits per heavy atom. The predicted molar refractivity (Wildman–Crippen MR) is 101 cm³/mol. The van der Waals surface area contributed by atoms with Gasteiger partial charge in [-0.3, -0.25) is 14.6 Å². The molecule has 0 amide bonds. The number of ether oxygens (including phenoxy) is 1. The Bertz CT molecular complexity index is 532. The van der Waals surface area contributed by atoms with Gasteiger partial charge in [0.25, 0.3) is 0 Å². The second kappa shape index (κ2) is 8.93. The van der Waals surface area contributed by atoms with E-state index in [4.69, 9.17) is 4.74 Å². The summed E-state index contributed by atoms with van der Waals surface area (Å²) in [6, 6.07) is 10.7. The number of carbonyl (C=O) groups excluding carboxylic acids is 1. The van der Waals surface area contributed by atoms with Gasteiger partial charge in [-0.25, -0.2) is 0 Å². The molecule has 25 heavy (non-hydrogen) atoms. The van der Waals surface area contributed by atoms with Crippen LogP contribution in [-0.2, 0) is 16.1 Å². The lowest BCUT2D eigenvalue weighted by atomic mass is 9.82. The molecule has 0 bridgehead atoms. The van der Waals surface area contributed by atoms with E-state index in [-0.39, 0.29) is 5.54 Å². The Hall–Kier alpha value is -1.23. The number of nitrogens with zero attached hydrogens (tertiary/aromatic N) is 2. The van der Waals surface area contributed by atoms with E-state index in [2.05, 4.69) is 40.1 Å². The van der Waals surface area contributed by atoms with Gasteiger partial charge in [0.2, 0.25) is 0 Å². The fourth-order valence-electron chi connectivity index (χ4n) is 4.25. The van der Waals surface area contributed by atoms with E-state index in [0.29, 0.717) is 12.2 Å². The molecule has 3 rings (SSSR count). The summed E-state index contributed by atoms with van der Waals surface area (Å²) in [4.78, 5) is 17.1. The van der Waals surface area contributed by atoms with Crippen LogP contribution >= 0.6 is 0 Å². The van der Waals surface area contributed by atoms with E-state index in [1.165, 1.54) is 5.56 Å². The van der Waals surface area contributed by atoms with Crippen LogP contribution in [0.1, 0.15) is 44.6 Å². The molecule has 0 saturated carbocycles. The summed E-state index contributed by atoms with van der Waals surface area (Å²) in [7, 11) is 0. The monoisotopic (exact) mass is 344 g/mol. The van der Waals surface area contributed by atoms with Gasteiger partial charge in [-0.15, -0.1) is 0 Å². The van der Waals surface area contributed by atoms with Gasteiger partial charge >= 0.3 is 0 Å². The molecule has 2 fully saturated rings. The van der Waals surface area contributed by atoms with Crippen molar-refractivity contribution in [1.29, 1.82) is 0 Å². The molecular weight excluding hydrogens is 312 g/mol. The lowest BCUT2D eigenvalue weighted by Gasteiger charge is -2.50. The maximum atomic E-state index is 11.9. The molecular formula is C21H32N2O2. The molecule has 0 N–H and O–H groups in total. The van der Waals surface area contributed by atoms with Crippen molar-refractivity contribution >= 4 is 5.78 Å². The molecule has 2 aliphatic heterocycles. The van der Waals surface area contributed by atoms with Crippen LogP contribution in [0.5, 0.6) is 0 Å². The third kappa shape index (κ3) is 4.90. The van der Waals surface area contributed by atoms with Crippen LogP contribution in [0.2, 0.25) is 0 Å². The summed E-state index contributed by atoms with van der Waals surface area (Å²) in [5.41, 5.74) is 1.58. The zero-order chi connectivity index (χ0) is 17.5. The molecule has 0 aromatic heterocycles. The van der Waals surface area contributed by atoms with Crippen molar-refractivity contribution < 1.29 is 9.53 Å². The van der Waals surface area contributed by atoms with E-state index in [9.17, 15) is 4.79 Å². The lowest BCUT2D eigenvalue weighted by Crippen LogP contribution is -2.59. The second-order valence-electron chi connectivity index (χ2n) is 7.48. The van der Waals surface area contributed by atoms with E-state index < -0.39 is 0 Å². The normalized spacial score (nSPS) is 22.0. The zero-order valence-electron chi connectivity index (χ0n) is 15.6. The minimum atomic E-state index is 0.182. The summed E-state index contributed by atoms with van der Waals surface area (Å²) in [5, 5.41) is 0. The van der Waals surface area contributed by atoms with Gasteiger partial charge in [0.15, 0.2) is 0 Å². The quantitative estimate of drug-likeness (QED) is 0.761. The number of rotatable bonds is 7. The molecule has 0 atom stereocenters. The largest absolute Gasteiger partial charge is 0.381 e. The average molecular weight is 344 g/mol. The van der Waals surface area contributed by atoms with Crippen molar-refractivity contribution in [3.05, 3.63) is 35.9 Å². The second-order valence-corrected chi connectivity index (χ2v) is 7.48. The van der Waals surface area contributed by atoms with Crippen LogP contribution in [0.3, 0.4) is 0 Å². The number of benzene rings is 1. The Morgan fingerprint density at radius 1 is 1.08 bits per heavy atom. The average Bonchev–Trinajstić information content (AvgIpc) is 2.68. The highest BCUT2D eigenvalue weighted by Gasteiger charge is 2.39. The van der Waals surface area contributed by atoms with Crippen molar-refractivity contribution in [2.75, 3.05) is 39.4 Å². The third-order valence-corrected chi connectivity index (χ3v) is 5.98. The number of piperazine rings is 1. The van der Waals surface area contributed by atoms with Gasteiger partial charge in [-0.2, -0.15) is 0 Å². The van der Waals surface area contributed by atoms with Gasteiger partial charge < -0.3 is 4.74 Å². The van der Waals surface area contributed by atoms with Crippen LogP contribution < -0.4 is 0 Å². The zero-order valence-corrected chi connectivity index (χ0v) is 15.6. The summed E-state index contributed by atoms with van der Waals surface area (Å²) in [6.07, 6.45) is 4.53. The smallest absolute Gasteiger partial charge is 0.132 e. The minimum absolute atomic E-state index is 0.182. The molecule has 4 heteroatoms. The molecule has 2 heterocycles. The van der Waals surface area contributed by atoms with Gasteiger partial charge in [-0.05, 0) is 24.8 Å². The molecule has 2 saturated heterocycles.